The molecular weight excluding hydrogens is 1030 g/mol. The number of hydrogen-bond acceptors (Lipinski definition) is 8. The van der Waals surface area contributed by atoms with E-state index < -0.39 is 49.5 Å². The SMILES string of the molecule is CC/C=C\C/C=C\C/C=C\C/C=C\C/C=C\C/C=C\C/C=C\C/C=C\C/C=C\CCCCCC(=O)NC(COC1OC(CO)C(O)C(O)C1O)C(O)/C=C/CC/C=C/CC/C=C/CCCCCCCCCCCCCCCCCCCCC. The lowest BCUT2D eigenvalue weighted by atomic mass is 9.99. The molecule has 1 heterocycles. The van der Waals surface area contributed by atoms with Crippen LogP contribution in [0, 0.1) is 0 Å². The zero-order valence-electron chi connectivity index (χ0n) is 52.6. The molecule has 472 valence electrons. The Balaban J connectivity index is 2.26. The molecule has 9 nitrogen and oxygen atoms in total. The predicted octanol–water partition coefficient (Wildman–Crippen LogP) is 18.2. The van der Waals surface area contributed by atoms with Gasteiger partial charge in [-0.1, -0.05) is 282 Å². The number of allylic oxidation sites excluding steroid dienone is 23. The summed E-state index contributed by atoms with van der Waals surface area (Å²) in [5.74, 6) is -0.227. The van der Waals surface area contributed by atoms with Crippen LogP contribution in [-0.2, 0) is 14.3 Å². The maximum Gasteiger partial charge on any atom is 0.220 e. The number of hydrogen-bond donors (Lipinski definition) is 6. The second-order valence-electron chi connectivity index (χ2n) is 22.5. The van der Waals surface area contributed by atoms with Crippen molar-refractivity contribution in [3.05, 3.63) is 146 Å². The quantitative estimate of drug-likeness (QED) is 0.0261. The first kappa shape index (κ1) is 77.1. The molecule has 0 saturated carbocycles. The number of unbranched alkanes of at least 4 members (excludes halogenated alkanes) is 24. The Bertz CT molecular complexity index is 1820. The summed E-state index contributed by atoms with van der Waals surface area (Å²) in [6, 6.07) is -0.860. The predicted molar refractivity (Wildman–Crippen MR) is 354 cm³/mol. The lowest BCUT2D eigenvalue weighted by molar-refractivity contribution is -0.302. The fourth-order valence-corrected chi connectivity index (χ4v) is 9.65. The molecule has 7 atom stereocenters. The van der Waals surface area contributed by atoms with Crippen LogP contribution in [-0.4, -0.2) is 87.5 Å². The summed E-state index contributed by atoms with van der Waals surface area (Å²) in [6.45, 7) is 3.63. The summed E-state index contributed by atoms with van der Waals surface area (Å²) in [4.78, 5) is 13.1. The van der Waals surface area contributed by atoms with Crippen molar-refractivity contribution in [1.29, 1.82) is 0 Å². The van der Waals surface area contributed by atoms with Crippen molar-refractivity contribution in [3.8, 4) is 0 Å². The lowest BCUT2D eigenvalue weighted by Crippen LogP contribution is -2.60. The maximum absolute atomic E-state index is 13.1. The van der Waals surface area contributed by atoms with Gasteiger partial charge in [-0.2, -0.15) is 0 Å². The summed E-state index contributed by atoms with van der Waals surface area (Å²) in [5.41, 5.74) is 0. The summed E-state index contributed by atoms with van der Waals surface area (Å²) >= 11 is 0. The Labute approximate surface area is 508 Å². The molecule has 0 aromatic rings. The van der Waals surface area contributed by atoms with E-state index in [9.17, 15) is 30.3 Å². The highest BCUT2D eigenvalue weighted by Gasteiger charge is 2.44. The molecule has 7 unspecified atom stereocenters. The Kier molecular flexibility index (Phi) is 56.8. The van der Waals surface area contributed by atoms with Gasteiger partial charge in [-0.15, -0.1) is 0 Å². The largest absolute Gasteiger partial charge is 0.394 e. The fraction of sp³-hybridized carbons (Fsp3) is 0.662. The highest BCUT2D eigenvalue weighted by molar-refractivity contribution is 5.76. The van der Waals surface area contributed by atoms with E-state index in [1.165, 1.54) is 122 Å². The molecule has 0 aromatic heterocycles. The molecule has 0 aromatic carbocycles. The number of ether oxygens (including phenoxy) is 2. The van der Waals surface area contributed by atoms with E-state index >= 15 is 0 Å². The number of nitrogens with one attached hydrogen (secondary N) is 1. The summed E-state index contributed by atoms with van der Waals surface area (Å²) < 4.78 is 11.3. The monoisotopic (exact) mass is 1150 g/mol. The van der Waals surface area contributed by atoms with Crippen LogP contribution in [0.5, 0.6) is 0 Å². The van der Waals surface area contributed by atoms with Crippen LogP contribution in [0.3, 0.4) is 0 Å². The minimum Gasteiger partial charge on any atom is -0.394 e. The van der Waals surface area contributed by atoms with Gasteiger partial charge in [0, 0.05) is 6.42 Å². The molecule has 0 spiro atoms. The smallest absolute Gasteiger partial charge is 0.220 e. The number of aliphatic hydroxyl groups excluding tert-OH is 5. The molecule has 0 radical (unpaired) electrons. The van der Waals surface area contributed by atoms with Gasteiger partial charge in [0.2, 0.25) is 5.91 Å². The number of aliphatic hydroxyl groups is 5. The third-order valence-corrected chi connectivity index (χ3v) is 14.9. The van der Waals surface area contributed by atoms with Crippen LogP contribution >= 0.6 is 0 Å². The minimum absolute atomic E-state index is 0.227. The molecular formula is C74H123NO8. The van der Waals surface area contributed by atoms with Crippen molar-refractivity contribution < 1.29 is 39.8 Å². The first-order chi connectivity index (χ1) is 40.8. The van der Waals surface area contributed by atoms with E-state index in [0.717, 1.165) is 103 Å². The van der Waals surface area contributed by atoms with Crippen LogP contribution in [0.25, 0.3) is 0 Å². The Morgan fingerprint density at radius 1 is 0.422 bits per heavy atom. The van der Waals surface area contributed by atoms with E-state index in [1.54, 1.807) is 6.08 Å². The molecule has 1 saturated heterocycles. The van der Waals surface area contributed by atoms with Crippen molar-refractivity contribution in [3.63, 3.8) is 0 Å². The van der Waals surface area contributed by atoms with Crippen LogP contribution in [0.15, 0.2) is 146 Å². The molecule has 0 bridgehead atoms. The summed E-state index contributed by atoms with van der Waals surface area (Å²) in [6.07, 6.45) is 87.9. The number of amides is 1. The highest BCUT2D eigenvalue weighted by Crippen LogP contribution is 2.23. The van der Waals surface area contributed by atoms with Crippen molar-refractivity contribution in [2.45, 2.75) is 301 Å². The van der Waals surface area contributed by atoms with Gasteiger partial charge in [0.05, 0.1) is 25.4 Å². The van der Waals surface area contributed by atoms with E-state index in [4.69, 9.17) is 9.47 Å². The number of carbonyl (C=O) groups excluding carboxylic acids is 1. The van der Waals surface area contributed by atoms with Crippen molar-refractivity contribution in [2.75, 3.05) is 13.2 Å². The Morgan fingerprint density at radius 3 is 1.16 bits per heavy atom. The van der Waals surface area contributed by atoms with E-state index in [-0.39, 0.29) is 18.9 Å². The molecule has 0 aliphatic carbocycles. The summed E-state index contributed by atoms with van der Waals surface area (Å²) in [5, 5.41) is 54.6. The van der Waals surface area contributed by atoms with Gasteiger partial charge in [0.25, 0.3) is 0 Å². The van der Waals surface area contributed by atoms with E-state index in [1.807, 2.05) is 6.08 Å². The van der Waals surface area contributed by atoms with Crippen molar-refractivity contribution >= 4 is 5.91 Å². The van der Waals surface area contributed by atoms with Gasteiger partial charge in [-0.25, -0.2) is 0 Å². The van der Waals surface area contributed by atoms with Crippen LogP contribution in [0.1, 0.15) is 258 Å². The van der Waals surface area contributed by atoms with Gasteiger partial charge in [0.1, 0.15) is 24.4 Å². The summed E-state index contributed by atoms with van der Waals surface area (Å²) in [7, 11) is 0. The standard InChI is InChI=1S/C74H123NO8/c1-3-5-7-9-11-13-15-17-19-21-23-25-27-29-31-33-34-36-38-40-42-44-46-48-50-52-54-56-58-60-62-64-70(78)75-67(66-82-74-73(81)72(80)71(79)69(65-76)83-74)68(77)63-61-59-57-55-53-51-49-47-45-43-41-39-37-35-32-30-28-26-24-22-20-18-16-14-12-10-8-6-4-2/h5,7,11,13,17,19,23,25,29,31,34,36,40,42,45-48,52-55,61,63,67-69,71-74,76-77,79-81H,3-4,6,8-10,12,14-16,18,20-22,24,26-28,30,32-33,35,37-39,41,43-44,49-51,56-60,62,64-66H2,1-2H3,(H,75,78)/b7-5-,13-11-,19-17-,25-23-,31-29-,36-34-,42-40-,47-45+,48-46-,54-52-,55-53+,63-61+. The minimum atomic E-state index is -1.59. The lowest BCUT2D eigenvalue weighted by Gasteiger charge is -2.40. The fourth-order valence-electron chi connectivity index (χ4n) is 9.65. The second-order valence-corrected chi connectivity index (χ2v) is 22.5. The van der Waals surface area contributed by atoms with Crippen LogP contribution in [0.2, 0.25) is 0 Å². The van der Waals surface area contributed by atoms with Crippen LogP contribution in [0.4, 0.5) is 0 Å². The Morgan fingerprint density at radius 2 is 0.759 bits per heavy atom. The zero-order chi connectivity index (χ0) is 60.0. The molecule has 1 rings (SSSR count). The molecule has 9 heteroatoms. The van der Waals surface area contributed by atoms with Gasteiger partial charge < -0.3 is 40.3 Å². The second kappa shape index (κ2) is 61.2. The van der Waals surface area contributed by atoms with Gasteiger partial charge >= 0.3 is 0 Å². The first-order valence-electron chi connectivity index (χ1n) is 33.6. The van der Waals surface area contributed by atoms with E-state index in [2.05, 4.69) is 153 Å². The maximum atomic E-state index is 13.1. The van der Waals surface area contributed by atoms with Gasteiger partial charge in [-0.3, -0.25) is 4.79 Å². The van der Waals surface area contributed by atoms with Crippen LogP contribution < -0.4 is 5.32 Å². The molecule has 83 heavy (non-hydrogen) atoms. The van der Waals surface area contributed by atoms with Gasteiger partial charge in [-0.05, 0) is 116 Å². The van der Waals surface area contributed by atoms with E-state index in [0.29, 0.717) is 12.8 Å². The highest BCUT2D eigenvalue weighted by atomic mass is 16.7. The number of carbonyl (C=O) groups is 1. The third kappa shape index (κ3) is 50.0. The molecule has 1 amide bonds. The molecule has 1 aliphatic rings. The molecule has 1 aliphatic heterocycles. The zero-order valence-corrected chi connectivity index (χ0v) is 52.6. The number of rotatable bonds is 56. The Hall–Kier alpha value is -3.93. The topological polar surface area (TPSA) is 149 Å². The normalized spacial score (nSPS) is 19.2. The average molecular weight is 1150 g/mol. The van der Waals surface area contributed by atoms with Crippen molar-refractivity contribution in [1.82, 2.24) is 5.32 Å². The molecule has 1 fully saturated rings. The third-order valence-electron chi connectivity index (χ3n) is 14.9. The first-order valence-corrected chi connectivity index (χ1v) is 33.6. The molecule has 6 N–H and O–H groups in total. The van der Waals surface area contributed by atoms with Gasteiger partial charge in [0.15, 0.2) is 6.29 Å². The van der Waals surface area contributed by atoms with Crippen molar-refractivity contribution in [2.24, 2.45) is 0 Å². The average Bonchev–Trinajstić information content (AvgIpc) is 3.61.